The van der Waals surface area contributed by atoms with Crippen LogP contribution >= 0.6 is 15.9 Å². The Morgan fingerprint density at radius 1 is 1.30 bits per heavy atom. The highest BCUT2D eigenvalue weighted by molar-refractivity contribution is 9.10. The zero-order chi connectivity index (χ0) is 14.1. The van der Waals surface area contributed by atoms with Crippen LogP contribution in [0.3, 0.4) is 0 Å². The van der Waals surface area contributed by atoms with Gasteiger partial charge in [-0.15, -0.1) is 0 Å². The fourth-order valence-electron chi connectivity index (χ4n) is 3.61. The molecule has 1 aromatic heterocycles. The van der Waals surface area contributed by atoms with Gasteiger partial charge in [0.1, 0.15) is 5.69 Å². The highest BCUT2D eigenvalue weighted by Gasteiger charge is 2.40. The van der Waals surface area contributed by atoms with Gasteiger partial charge in [0.2, 0.25) is 5.91 Å². The number of carbonyl (C=O) groups excluding carboxylic acids is 2. The van der Waals surface area contributed by atoms with Gasteiger partial charge < -0.3 is 4.98 Å². The van der Waals surface area contributed by atoms with Crippen molar-refractivity contribution in [3.63, 3.8) is 0 Å². The molecule has 0 unspecified atom stereocenters. The Kier molecular flexibility index (Phi) is 3.83. The van der Waals surface area contributed by atoms with Crippen LogP contribution in [0.5, 0.6) is 0 Å². The van der Waals surface area contributed by atoms with E-state index in [0.29, 0.717) is 18.0 Å². The lowest BCUT2D eigenvalue weighted by molar-refractivity contribution is -0.123. The maximum Gasteiger partial charge on any atom is 0.286 e. The van der Waals surface area contributed by atoms with Crippen molar-refractivity contribution in [3.05, 3.63) is 22.4 Å². The van der Waals surface area contributed by atoms with Crippen molar-refractivity contribution in [2.75, 3.05) is 0 Å². The molecule has 0 aromatic carbocycles. The monoisotopic (exact) mass is 339 g/mol. The van der Waals surface area contributed by atoms with E-state index in [9.17, 15) is 9.59 Å². The van der Waals surface area contributed by atoms with E-state index in [2.05, 4.69) is 31.8 Å². The summed E-state index contributed by atoms with van der Waals surface area (Å²) in [4.78, 5) is 26.4. The zero-order valence-corrected chi connectivity index (χ0v) is 12.7. The van der Waals surface area contributed by atoms with Crippen LogP contribution in [0.15, 0.2) is 16.7 Å². The van der Waals surface area contributed by atoms with Crippen LogP contribution in [0, 0.1) is 17.8 Å². The van der Waals surface area contributed by atoms with E-state index in [1.165, 1.54) is 25.7 Å². The molecule has 0 radical (unpaired) electrons. The molecule has 5 nitrogen and oxygen atoms in total. The molecule has 3 rings (SSSR count). The van der Waals surface area contributed by atoms with Gasteiger partial charge in [-0.1, -0.05) is 6.42 Å². The molecule has 2 aliphatic carbocycles. The molecule has 20 heavy (non-hydrogen) atoms. The van der Waals surface area contributed by atoms with Gasteiger partial charge in [0.05, 0.1) is 0 Å². The minimum atomic E-state index is -0.336. The average molecular weight is 340 g/mol. The number of fused-ring (bicyclic) bond motifs is 2. The highest BCUT2D eigenvalue weighted by Crippen LogP contribution is 2.49. The number of H-pyrrole nitrogens is 1. The molecule has 1 aromatic rings. The number of nitrogens with one attached hydrogen (secondary N) is 3. The molecule has 2 aliphatic rings. The molecule has 2 bridgehead atoms. The number of rotatable bonds is 3. The number of amides is 2. The summed E-state index contributed by atoms with van der Waals surface area (Å²) in [6, 6.07) is 1.66. The van der Waals surface area contributed by atoms with Gasteiger partial charge in [0.25, 0.3) is 5.91 Å². The van der Waals surface area contributed by atoms with Crippen LogP contribution in [-0.2, 0) is 4.79 Å². The highest BCUT2D eigenvalue weighted by atomic mass is 79.9. The summed E-state index contributed by atoms with van der Waals surface area (Å²) in [7, 11) is 0. The van der Waals surface area contributed by atoms with Gasteiger partial charge in [-0.3, -0.25) is 20.4 Å². The van der Waals surface area contributed by atoms with Gasteiger partial charge in [0.15, 0.2) is 0 Å². The standard InChI is InChI=1S/C14H18BrN3O2/c15-11-6-12(16-7-11)14(20)18-17-13(19)5-10-4-8-1-2-9(10)3-8/h6-10,16H,1-5H2,(H,17,19)(H,18,20)/t8-,9-,10+/m1/s1. The SMILES string of the molecule is O=C(C[C@@H]1C[C@@H]2CC[C@@H]1C2)NNC(=O)c1cc(Br)c[nH]1. The van der Waals surface area contributed by atoms with Crippen molar-refractivity contribution in [2.45, 2.75) is 32.1 Å². The molecule has 2 saturated carbocycles. The Balaban J connectivity index is 1.44. The first-order chi connectivity index (χ1) is 9.61. The summed E-state index contributed by atoms with van der Waals surface area (Å²) in [6.07, 6.45) is 7.27. The third-order valence-corrected chi connectivity index (χ3v) is 5.00. The number of hydrazine groups is 1. The van der Waals surface area contributed by atoms with Gasteiger partial charge in [-0.2, -0.15) is 0 Å². The predicted molar refractivity (Wildman–Crippen MR) is 77.7 cm³/mol. The van der Waals surface area contributed by atoms with Crippen molar-refractivity contribution >= 4 is 27.7 Å². The maximum atomic E-state index is 11.9. The van der Waals surface area contributed by atoms with Crippen LogP contribution in [0.1, 0.15) is 42.6 Å². The van der Waals surface area contributed by atoms with Gasteiger partial charge in [-0.05, 0) is 59.0 Å². The number of aromatic nitrogens is 1. The molecular formula is C14H18BrN3O2. The second-order valence-electron chi connectivity index (χ2n) is 5.87. The lowest BCUT2D eigenvalue weighted by Crippen LogP contribution is -2.42. The molecule has 0 aliphatic heterocycles. The second-order valence-corrected chi connectivity index (χ2v) is 6.79. The van der Waals surface area contributed by atoms with Crippen molar-refractivity contribution in [2.24, 2.45) is 17.8 Å². The lowest BCUT2D eigenvalue weighted by atomic mass is 9.86. The topological polar surface area (TPSA) is 74.0 Å². The minimum Gasteiger partial charge on any atom is -0.356 e. The fourth-order valence-corrected chi connectivity index (χ4v) is 3.95. The molecule has 0 saturated heterocycles. The molecule has 3 N–H and O–H groups in total. The molecule has 1 heterocycles. The van der Waals surface area contributed by atoms with E-state index in [-0.39, 0.29) is 11.8 Å². The summed E-state index contributed by atoms with van der Waals surface area (Å²) in [6.45, 7) is 0. The molecule has 6 heteroatoms. The first kappa shape index (κ1) is 13.7. The largest absolute Gasteiger partial charge is 0.356 e. The van der Waals surface area contributed by atoms with Crippen LogP contribution in [-0.4, -0.2) is 16.8 Å². The van der Waals surface area contributed by atoms with Crippen LogP contribution in [0.2, 0.25) is 0 Å². The van der Waals surface area contributed by atoms with Crippen molar-refractivity contribution in [1.82, 2.24) is 15.8 Å². The Labute approximate surface area is 126 Å². The van der Waals surface area contributed by atoms with Crippen LogP contribution < -0.4 is 10.9 Å². The number of aromatic amines is 1. The minimum absolute atomic E-state index is 0.0958. The third-order valence-electron chi connectivity index (χ3n) is 4.54. The number of halogens is 1. The molecule has 2 amide bonds. The Morgan fingerprint density at radius 3 is 2.75 bits per heavy atom. The molecular weight excluding hydrogens is 322 g/mol. The summed E-state index contributed by atoms with van der Waals surface area (Å²) in [5, 5.41) is 0. The van der Waals surface area contributed by atoms with E-state index < -0.39 is 0 Å². The summed E-state index contributed by atoms with van der Waals surface area (Å²) >= 11 is 3.26. The van der Waals surface area contributed by atoms with E-state index in [4.69, 9.17) is 0 Å². The normalized spacial score (nSPS) is 27.6. The number of carbonyl (C=O) groups is 2. The van der Waals surface area contributed by atoms with E-state index in [1.54, 1.807) is 12.3 Å². The first-order valence-corrected chi connectivity index (χ1v) is 7.84. The second kappa shape index (κ2) is 5.60. The average Bonchev–Trinajstić information content (AvgIpc) is 3.12. The zero-order valence-electron chi connectivity index (χ0n) is 11.1. The summed E-state index contributed by atoms with van der Waals surface area (Å²) < 4.78 is 0.802. The molecule has 2 fully saturated rings. The molecule has 0 spiro atoms. The smallest absolute Gasteiger partial charge is 0.286 e. The van der Waals surface area contributed by atoms with Gasteiger partial charge in [-0.25, -0.2) is 0 Å². The summed E-state index contributed by atoms with van der Waals surface area (Å²) in [5.74, 6) is 1.63. The van der Waals surface area contributed by atoms with Crippen molar-refractivity contribution in [3.8, 4) is 0 Å². The van der Waals surface area contributed by atoms with E-state index >= 15 is 0 Å². The van der Waals surface area contributed by atoms with Crippen molar-refractivity contribution in [1.29, 1.82) is 0 Å². The van der Waals surface area contributed by atoms with Crippen molar-refractivity contribution < 1.29 is 9.59 Å². The first-order valence-electron chi connectivity index (χ1n) is 7.05. The van der Waals surface area contributed by atoms with E-state index in [0.717, 1.165) is 16.3 Å². The summed E-state index contributed by atoms with van der Waals surface area (Å²) in [5.41, 5.74) is 5.36. The van der Waals surface area contributed by atoms with E-state index in [1.807, 2.05) is 0 Å². The maximum absolute atomic E-state index is 11.9. The van der Waals surface area contributed by atoms with Crippen LogP contribution in [0.4, 0.5) is 0 Å². The fraction of sp³-hybridized carbons (Fsp3) is 0.571. The van der Waals surface area contributed by atoms with Gasteiger partial charge in [0, 0.05) is 17.1 Å². The number of hydrogen-bond acceptors (Lipinski definition) is 2. The molecule has 3 atom stereocenters. The Hall–Kier alpha value is -1.30. The quantitative estimate of drug-likeness (QED) is 0.739. The predicted octanol–water partition coefficient (Wildman–Crippen LogP) is 2.36. The third kappa shape index (κ3) is 2.90. The van der Waals surface area contributed by atoms with Gasteiger partial charge >= 0.3 is 0 Å². The molecule has 108 valence electrons. The lowest BCUT2D eigenvalue weighted by Gasteiger charge is -2.20. The van der Waals surface area contributed by atoms with Crippen LogP contribution in [0.25, 0.3) is 0 Å². The number of hydrogen-bond donors (Lipinski definition) is 3. The Bertz CT molecular complexity index is 528. The Morgan fingerprint density at radius 2 is 2.15 bits per heavy atom.